The fourth-order valence-corrected chi connectivity index (χ4v) is 4.01. The largest absolute Gasteiger partial charge is 0.371 e. The average molecular weight is 433 g/mol. The van der Waals surface area contributed by atoms with Crippen LogP contribution in [0.2, 0.25) is 0 Å². The molecule has 5 N–H and O–H groups in total. The van der Waals surface area contributed by atoms with Crippen LogP contribution in [0.25, 0.3) is 0 Å². The molecule has 2 heterocycles. The third-order valence-corrected chi connectivity index (χ3v) is 6.01. The molecule has 0 unspecified atom stereocenters. The second-order valence-corrected chi connectivity index (χ2v) is 7.91. The summed E-state index contributed by atoms with van der Waals surface area (Å²) in [5.41, 5.74) is 13.8. The van der Waals surface area contributed by atoms with Gasteiger partial charge < -0.3 is 21.7 Å². The SMILES string of the molecule is N#Cc1ccc(N2CCC(CN)(n3cc(C(N)=O)c(Nc4ccc(F)cc4)n3)CC2)cc1. The molecule has 0 spiro atoms. The molecule has 3 aromatic rings. The highest BCUT2D eigenvalue weighted by atomic mass is 19.1. The fourth-order valence-electron chi connectivity index (χ4n) is 4.01. The Morgan fingerprint density at radius 3 is 2.38 bits per heavy atom. The lowest BCUT2D eigenvalue weighted by molar-refractivity contribution is 0.100. The minimum absolute atomic E-state index is 0.247. The van der Waals surface area contributed by atoms with Gasteiger partial charge >= 0.3 is 0 Å². The monoisotopic (exact) mass is 433 g/mol. The Morgan fingerprint density at radius 1 is 1.16 bits per heavy atom. The van der Waals surface area contributed by atoms with E-state index in [1.807, 2.05) is 12.1 Å². The number of nitrogens with one attached hydrogen (secondary N) is 1. The van der Waals surface area contributed by atoms with Gasteiger partial charge in [0.1, 0.15) is 11.4 Å². The van der Waals surface area contributed by atoms with Crippen LogP contribution in [0.15, 0.2) is 54.7 Å². The van der Waals surface area contributed by atoms with Gasteiger partial charge in [-0.05, 0) is 61.4 Å². The molecule has 1 aliphatic rings. The molecule has 9 heteroatoms. The molecular formula is C23H24FN7O. The zero-order valence-corrected chi connectivity index (χ0v) is 17.5. The van der Waals surface area contributed by atoms with Crippen molar-refractivity contribution >= 4 is 23.1 Å². The van der Waals surface area contributed by atoms with Gasteiger partial charge in [0, 0.05) is 37.2 Å². The molecule has 1 amide bonds. The molecule has 4 rings (SSSR count). The number of rotatable bonds is 6. The van der Waals surface area contributed by atoms with E-state index in [0.29, 0.717) is 23.6 Å². The Morgan fingerprint density at radius 2 is 1.81 bits per heavy atom. The summed E-state index contributed by atoms with van der Waals surface area (Å²) in [7, 11) is 0. The van der Waals surface area contributed by atoms with E-state index in [2.05, 4.69) is 21.4 Å². The van der Waals surface area contributed by atoms with Crippen molar-refractivity contribution in [3.8, 4) is 6.07 Å². The molecule has 1 saturated heterocycles. The van der Waals surface area contributed by atoms with Gasteiger partial charge in [0.05, 0.1) is 17.2 Å². The van der Waals surface area contributed by atoms with Crippen molar-refractivity contribution in [2.75, 3.05) is 29.9 Å². The number of halogens is 1. The number of amides is 1. The summed E-state index contributed by atoms with van der Waals surface area (Å²) in [6.07, 6.45) is 3.08. The highest BCUT2D eigenvalue weighted by Crippen LogP contribution is 2.33. The van der Waals surface area contributed by atoms with Crippen LogP contribution in [-0.2, 0) is 5.54 Å². The maximum absolute atomic E-state index is 13.2. The first kappa shape index (κ1) is 21.3. The smallest absolute Gasteiger partial charge is 0.254 e. The van der Waals surface area contributed by atoms with Crippen LogP contribution in [0.4, 0.5) is 21.6 Å². The van der Waals surface area contributed by atoms with E-state index in [4.69, 9.17) is 16.7 Å². The molecule has 1 aliphatic heterocycles. The number of primary amides is 1. The first-order chi connectivity index (χ1) is 15.4. The molecule has 0 saturated carbocycles. The number of nitrogens with two attached hydrogens (primary N) is 2. The molecule has 32 heavy (non-hydrogen) atoms. The molecular weight excluding hydrogens is 409 g/mol. The third kappa shape index (κ3) is 4.13. The predicted molar refractivity (Wildman–Crippen MR) is 120 cm³/mol. The normalized spacial score (nSPS) is 15.2. The summed E-state index contributed by atoms with van der Waals surface area (Å²) in [6, 6.07) is 15.4. The molecule has 8 nitrogen and oxygen atoms in total. The van der Waals surface area contributed by atoms with Crippen molar-refractivity contribution in [3.05, 3.63) is 71.7 Å². The summed E-state index contributed by atoms with van der Waals surface area (Å²) in [5.74, 6) is -0.651. The maximum atomic E-state index is 13.2. The van der Waals surface area contributed by atoms with E-state index in [-0.39, 0.29) is 11.4 Å². The second-order valence-electron chi connectivity index (χ2n) is 7.91. The molecule has 2 aromatic carbocycles. The highest BCUT2D eigenvalue weighted by molar-refractivity contribution is 5.98. The average Bonchev–Trinajstić information content (AvgIpc) is 3.25. The quantitative estimate of drug-likeness (QED) is 0.549. The van der Waals surface area contributed by atoms with Crippen molar-refractivity contribution in [2.24, 2.45) is 11.5 Å². The van der Waals surface area contributed by atoms with E-state index in [1.54, 1.807) is 35.1 Å². The number of piperidine rings is 1. The van der Waals surface area contributed by atoms with Crippen LogP contribution in [0, 0.1) is 17.1 Å². The van der Waals surface area contributed by atoms with E-state index in [1.165, 1.54) is 12.1 Å². The van der Waals surface area contributed by atoms with E-state index >= 15 is 0 Å². The van der Waals surface area contributed by atoms with Crippen LogP contribution in [0.1, 0.15) is 28.8 Å². The zero-order chi connectivity index (χ0) is 22.7. The number of hydrogen-bond acceptors (Lipinski definition) is 6. The number of benzene rings is 2. The summed E-state index contributed by atoms with van der Waals surface area (Å²) in [6.45, 7) is 1.84. The zero-order valence-electron chi connectivity index (χ0n) is 17.5. The number of carbonyl (C=O) groups is 1. The summed E-state index contributed by atoms with van der Waals surface area (Å²) >= 11 is 0. The Hall–Kier alpha value is -3.90. The van der Waals surface area contributed by atoms with Crippen LogP contribution in [0.5, 0.6) is 0 Å². The standard InChI is InChI=1S/C23H24FN7O/c24-17-3-5-18(6-4-17)28-22-20(21(27)32)14-31(29-22)23(15-26)9-11-30(12-10-23)19-7-1-16(13-25)2-8-19/h1-8,14H,9-12,15,26H2,(H2,27,32)(H,28,29). The van der Waals surface area contributed by atoms with Crippen LogP contribution in [0.3, 0.4) is 0 Å². The van der Waals surface area contributed by atoms with Crippen molar-refractivity contribution in [3.63, 3.8) is 0 Å². The van der Waals surface area contributed by atoms with Crippen LogP contribution >= 0.6 is 0 Å². The number of hydrogen-bond donors (Lipinski definition) is 3. The Balaban J connectivity index is 1.56. The first-order valence-corrected chi connectivity index (χ1v) is 10.3. The number of aromatic nitrogens is 2. The Labute approximate surface area is 185 Å². The van der Waals surface area contributed by atoms with Gasteiger partial charge in [-0.25, -0.2) is 4.39 Å². The topological polar surface area (TPSA) is 126 Å². The second kappa shape index (κ2) is 8.69. The maximum Gasteiger partial charge on any atom is 0.254 e. The molecule has 0 radical (unpaired) electrons. The predicted octanol–water partition coefficient (Wildman–Crippen LogP) is 2.69. The van der Waals surface area contributed by atoms with Gasteiger partial charge in [-0.2, -0.15) is 10.4 Å². The van der Waals surface area contributed by atoms with Crippen LogP contribution < -0.4 is 21.7 Å². The van der Waals surface area contributed by atoms with Crippen molar-refractivity contribution < 1.29 is 9.18 Å². The summed E-state index contributed by atoms with van der Waals surface area (Å²) in [5, 5.41) is 16.7. The lowest BCUT2D eigenvalue weighted by Gasteiger charge is -2.42. The third-order valence-electron chi connectivity index (χ3n) is 6.01. The minimum atomic E-state index is -0.608. The lowest BCUT2D eigenvalue weighted by Crippen LogP contribution is -2.50. The number of anilines is 3. The van der Waals surface area contributed by atoms with Gasteiger partial charge in [0.2, 0.25) is 0 Å². The van der Waals surface area contributed by atoms with Crippen molar-refractivity contribution in [2.45, 2.75) is 18.4 Å². The Kier molecular flexibility index (Phi) is 5.79. The van der Waals surface area contributed by atoms with E-state index in [0.717, 1.165) is 31.6 Å². The highest BCUT2D eigenvalue weighted by Gasteiger charge is 2.37. The lowest BCUT2D eigenvalue weighted by atomic mass is 9.87. The molecule has 164 valence electrons. The fraction of sp³-hybridized carbons (Fsp3) is 0.261. The van der Waals surface area contributed by atoms with Gasteiger partial charge in [-0.1, -0.05) is 0 Å². The van der Waals surface area contributed by atoms with Crippen molar-refractivity contribution in [1.82, 2.24) is 9.78 Å². The molecule has 0 aliphatic carbocycles. The van der Waals surface area contributed by atoms with Gasteiger partial charge in [0.15, 0.2) is 5.82 Å². The summed E-state index contributed by atoms with van der Waals surface area (Å²) in [4.78, 5) is 14.3. The number of carbonyl (C=O) groups excluding carboxylic acids is 1. The van der Waals surface area contributed by atoms with Gasteiger partial charge in [0.25, 0.3) is 5.91 Å². The summed E-state index contributed by atoms with van der Waals surface area (Å²) < 4.78 is 15.0. The van der Waals surface area contributed by atoms with Gasteiger partial charge in [-0.15, -0.1) is 0 Å². The van der Waals surface area contributed by atoms with Gasteiger partial charge in [-0.3, -0.25) is 9.48 Å². The Bertz CT molecular complexity index is 1140. The van der Waals surface area contributed by atoms with E-state index in [9.17, 15) is 9.18 Å². The van der Waals surface area contributed by atoms with Crippen molar-refractivity contribution in [1.29, 1.82) is 5.26 Å². The molecule has 1 fully saturated rings. The van der Waals surface area contributed by atoms with Crippen LogP contribution in [-0.4, -0.2) is 35.3 Å². The number of nitrogens with zero attached hydrogens (tertiary/aromatic N) is 4. The minimum Gasteiger partial charge on any atom is -0.371 e. The molecule has 1 aromatic heterocycles. The van der Waals surface area contributed by atoms with E-state index < -0.39 is 11.4 Å². The first-order valence-electron chi connectivity index (χ1n) is 10.3. The molecule has 0 bridgehead atoms. The number of nitriles is 1. The molecule has 0 atom stereocenters.